The zero-order valence-corrected chi connectivity index (χ0v) is 13.4. The highest BCUT2D eigenvalue weighted by Crippen LogP contribution is 2.18. The summed E-state index contributed by atoms with van der Waals surface area (Å²) in [5, 5.41) is 2.39. The van der Waals surface area contributed by atoms with Gasteiger partial charge in [0.1, 0.15) is 45.1 Å². The molecular weight excluding hydrogens is 264 g/mol. The van der Waals surface area contributed by atoms with Crippen LogP contribution in [0.1, 0.15) is 25.3 Å². The summed E-state index contributed by atoms with van der Waals surface area (Å²) in [5.74, 6) is 1.50. The smallest absolute Gasteiger partial charge is 0.127 e. The van der Waals surface area contributed by atoms with Crippen LogP contribution in [0.25, 0.3) is 0 Å². The van der Waals surface area contributed by atoms with Gasteiger partial charge in [0.25, 0.3) is 0 Å². The van der Waals surface area contributed by atoms with Gasteiger partial charge in [0.2, 0.25) is 0 Å². The Morgan fingerprint density at radius 1 is 1.05 bits per heavy atom. The fourth-order valence-corrected chi connectivity index (χ4v) is 2.62. The van der Waals surface area contributed by atoms with Crippen molar-refractivity contribution in [3.8, 4) is 5.75 Å². The molecule has 4 nitrogen and oxygen atoms in total. The van der Waals surface area contributed by atoms with Crippen LogP contribution >= 0.6 is 0 Å². The molecule has 21 heavy (non-hydrogen) atoms. The first-order chi connectivity index (χ1) is 10.3. The minimum atomic E-state index is 0.567. The van der Waals surface area contributed by atoms with Crippen LogP contribution in [0.3, 0.4) is 0 Å². The third kappa shape index (κ3) is 6.04. The van der Waals surface area contributed by atoms with E-state index in [2.05, 4.69) is 31.3 Å². The molecule has 1 saturated heterocycles. The number of quaternary nitrogens is 2. The molecule has 0 aliphatic carbocycles. The number of nitrogens with one attached hydrogen (secondary N) is 1. The zero-order chi connectivity index (χ0) is 14.9. The first-order valence-corrected chi connectivity index (χ1v) is 8.21. The van der Waals surface area contributed by atoms with Gasteiger partial charge in [-0.05, 0) is 23.6 Å². The number of hydrogen-bond acceptors (Lipinski definition) is 2. The van der Waals surface area contributed by atoms with Gasteiger partial charge < -0.3 is 19.7 Å². The van der Waals surface area contributed by atoms with Crippen LogP contribution in [0.4, 0.5) is 0 Å². The molecule has 1 heterocycles. The minimum absolute atomic E-state index is 0.567. The average molecular weight is 294 g/mol. The van der Waals surface area contributed by atoms with Crippen LogP contribution in [0, 0.1) is 0 Å². The van der Waals surface area contributed by atoms with Crippen LogP contribution in [-0.2, 0) is 4.74 Å². The number of ether oxygens (including phenoxy) is 2. The molecule has 0 unspecified atom stereocenters. The average Bonchev–Trinajstić information content (AvgIpc) is 2.52. The van der Waals surface area contributed by atoms with Crippen molar-refractivity contribution in [2.75, 3.05) is 52.5 Å². The maximum Gasteiger partial charge on any atom is 0.127 e. The molecule has 0 amide bonds. The van der Waals surface area contributed by atoms with E-state index in [1.807, 2.05) is 12.1 Å². The molecule has 0 spiro atoms. The maximum absolute atomic E-state index is 5.70. The molecule has 0 radical (unpaired) electrons. The van der Waals surface area contributed by atoms with Crippen LogP contribution in [0.15, 0.2) is 24.3 Å². The van der Waals surface area contributed by atoms with Gasteiger partial charge in [0.15, 0.2) is 0 Å². The Hall–Kier alpha value is -1.10. The van der Waals surface area contributed by atoms with Crippen molar-refractivity contribution in [3.63, 3.8) is 0 Å². The van der Waals surface area contributed by atoms with Gasteiger partial charge in [0.05, 0.1) is 13.2 Å². The van der Waals surface area contributed by atoms with Crippen molar-refractivity contribution < 1.29 is 19.7 Å². The predicted molar refractivity (Wildman–Crippen MR) is 84.1 cm³/mol. The number of piperazine rings is 1. The van der Waals surface area contributed by atoms with Gasteiger partial charge in [-0.2, -0.15) is 0 Å². The predicted octanol–water partition coefficient (Wildman–Crippen LogP) is -0.333. The van der Waals surface area contributed by atoms with Crippen LogP contribution in [0.2, 0.25) is 0 Å². The van der Waals surface area contributed by atoms with E-state index in [0.29, 0.717) is 19.1 Å². The molecule has 0 aromatic heterocycles. The number of benzene rings is 1. The fourth-order valence-electron chi connectivity index (χ4n) is 2.62. The van der Waals surface area contributed by atoms with Gasteiger partial charge >= 0.3 is 0 Å². The van der Waals surface area contributed by atoms with Crippen molar-refractivity contribution >= 4 is 0 Å². The quantitative estimate of drug-likeness (QED) is 0.645. The Morgan fingerprint density at radius 3 is 2.43 bits per heavy atom. The third-order valence-corrected chi connectivity index (χ3v) is 4.05. The summed E-state index contributed by atoms with van der Waals surface area (Å²) in [7, 11) is 0. The van der Waals surface area contributed by atoms with E-state index in [4.69, 9.17) is 9.47 Å². The van der Waals surface area contributed by atoms with Crippen molar-refractivity contribution in [1.82, 2.24) is 0 Å². The molecule has 0 saturated carbocycles. The molecule has 1 fully saturated rings. The van der Waals surface area contributed by atoms with E-state index in [-0.39, 0.29) is 0 Å². The maximum atomic E-state index is 5.70. The highest BCUT2D eigenvalue weighted by atomic mass is 16.5. The first-order valence-electron chi connectivity index (χ1n) is 8.21. The second-order valence-electron chi connectivity index (χ2n) is 6.05. The molecular formula is C17H30N2O2+2. The summed E-state index contributed by atoms with van der Waals surface area (Å²) in [6.45, 7) is 12.7. The Balaban J connectivity index is 1.53. The van der Waals surface area contributed by atoms with E-state index in [1.54, 1.807) is 4.90 Å². The lowest BCUT2D eigenvalue weighted by Crippen LogP contribution is -3.20. The number of hydrogen-bond donors (Lipinski definition) is 2. The molecule has 1 aliphatic rings. The van der Waals surface area contributed by atoms with Crippen molar-refractivity contribution in [2.45, 2.75) is 19.8 Å². The van der Waals surface area contributed by atoms with Crippen LogP contribution in [-0.4, -0.2) is 52.5 Å². The Morgan fingerprint density at radius 2 is 1.76 bits per heavy atom. The highest BCUT2D eigenvalue weighted by molar-refractivity contribution is 5.28. The van der Waals surface area contributed by atoms with Crippen molar-refractivity contribution in [3.05, 3.63) is 29.8 Å². The van der Waals surface area contributed by atoms with E-state index in [9.17, 15) is 0 Å². The lowest BCUT2D eigenvalue weighted by atomic mass is 10.0. The molecule has 1 aromatic carbocycles. The molecule has 118 valence electrons. The lowest BCUT2D eigenvalue weighted by molar-refractivity contribution is -0.947. The van der Waals surface area contributed by atoms with E-state index in [0.717, 1.165) is 18.9 Å². The minimum Gasteiger partial charge on any atom is -0.491 e. The Labute approximate surface area is 128 Å². The van der Waals surface area contributed by atoms with Crippen LogP contribution in [0.5, 0.6) is 5.75 Å². The summed E-state index contributed by atoms with van der Waals surface area (Å²) in [6, 6.07) is 8.36. The number of rotatable bonds is 8. The Kier molecular flexibility index (Phi) is 7.00. The van der Waals surface area contributed by atoms with E-state index >= 15 is 0 Å². The van der Waals surface area contributed by atoms with Gasteiger partial charge in [-0.3, -0.25) is 0 Å². The molecule has 3 N–H and O–H groups in total. The van der Waals surface area contributed by atoms with E-state index in [1.165, 1.54) is 31.7 Å². The van der Waals surface area contributed by atoms with Gasteiger partial charge in [0, 0.05) is 0 Å². The Bertz CT molecular complexity index is 386. The molecule has 4 heteroatoms. The fraction of sp³-hybridized carbons (Fsp3) is 0.647. The SMILES string of the molecule is CC(C)c1ccc(OCCOCC[NH+]2CC[NH2+]CC2)cc1. The van der Waals surface area contributed by atoms with Gasteiger partial charge in [-0.25, -0.2) is 0 Å². The second-order valence-corrected chi connectivity index (χ2v) is 6.05. The lowest BCUT2D eigenvalue weighted by Gasteiger charge is -2.21. The summed E-state index contributed by atoms with van der Waals surface area (Å²) < 4.78 is 11.4. The van der Waals surface area contributed by atoms with Crippen molar-refractivity contribution in [1.29, 1.82) is 0 Å². The summed E-state index contributed by atoms with van der Waals surface area (Å²) in [6.07, 6.45) is 0. The topological polar surface area (TPSA) is 39.5 Å². The van der Waals surface area contributed by atoms with Crippen molar-refractivity contribution in [2.24, 2.45) is 0 Å². The zero-order valence-electron chi connectivity index (χ0n) is 13.4. The number of nitrogens with two attached hydrogens (primary N) is 1. The first kappa shape index (κ1) is 16.3. The van der Waals surface area contributed by atoms with Crippen LogP contribution < -0.4 is 15.0 Å². The molecule has 1 aromatic rings. The summed E-state index contributed by atoms with van der Waals surface area (Å²) >= 11 is 0. The molecule has 0 bridgehead atoms. The van der Waals surface area contributed by atoms with Gasteiger partial charge in [-0.1, -0.05) is 26.0 Å². The molecule has 0 atom stereocenters. The monoisotopic (exact) mass is 294 g/mol. The normalized spacial score (nSPS) is 16.3. The van der Waals surface area contributed by atoms with Gasteiger partial charge in [-0.15, -0.1) is 0 Å². The van der Waals surface area contributed by atoms with E-state index < -0.39 is 0 Å². The third-order valence-electron chi connectivity index (χ3n) is 4.05. The molecule has 1 aliphatic heterocycles. The molecule has 2 rings (SSSR count). The standard InChI is InChI=1S/C17H28N2O2/c1-15(2)16-3-5-17(6-4-16)21-14-13-20-12-11-19-9-7-18-8-10-19/h3-6,15,18H,7-14H2,1-2H3/p+2. The highest BCUT2D eigenvalue weighted by Gasteiger charge is 2.14. The summed E-state index contributed by atoms with van der Waals surface area (Å²) in [5.41, 5.74) is 1.35. The largest absolute Gasteiger partial charge is 0.491 e. The summed E-state index contributed by atoms with van der Waals surface area (Å²) in [4.78, 5) is 1.67. The second kappa shape index (κ2) is 9.03.